The fraction of sp³-hybridized carbons (Fsp3) is 0.556. The molecule has 1 aliphatic heterocycles. The summed E-state index contributed by atoms with van der Waals surface area (Å²) in [5, 5.41) is 0. The molecule has 1 aliphatic carbocycles. The molecule has 0 amide bonds. The highest BCUT2D eigenvalue weighted by atomic mass is 16.5. The summed E-state index contributed by atoms with van der Waals surface area (Å²) in [7, 11) is 4.03. The first-order valence-corrected chi connectivity index (χ1v) is 8.32. The van der Waals surface area contributed by atoms with E-state index in [-0.39, 0.29) is 11.8 Å². The lowest BCUT2D eigenvalue weighted by molar-refractivity contribution is 0.00372. The van der Waals surface area contributed by atoms with Crippen LogP contribution in [0.5, 0.6) is 0 Å². The average molecular weight is 314 g/mol. The Balaban J connectivity index is 1.58. The number of nitrogens with two attached hydrogens (primary N) is 1. The zero-order valence-electron chi connectivity index (χ0n) is 14.0. The summed E-state index contributed by atoms with van der Waals surface area (Å²) < 4.78 is 6.07. The van der Waals surface area contributed by atoms with Crippen molar-refractivity contribution in [2.75, 3.05) is 14.1 Å². The SMILES string of the molecule is CN(C)C1=NC2(CCC(OCc3ccccc3)CC2)N=C(N)C1. The van der Waals surface area contributed by atoms with Crippen molar-refractivity contribution in [2.24, 2.45) is 15.7 Å². The van der Waals surface area contributed by atoms with E-state index in [1.807, 2.05) is 37.2 Å². The van der Waals surface area contributed by atoms with E-state index in [0.29, 0.717) is 18.9 Å². The standard InChI is InChI=1S/C18H26N4O/c1-22(2)17-12-16(19)20-18(21-17)10-8-15(9-11-18)23-13-14-6-4-3-5-7-14/h3-7,15H,8-13H2,1-2H3,(H2,19,20). The lowest BCUT2D eigenvalue weighted by Crippen LogP contribution is -2.42. The van der Waals surface area contributed by atoms with Crippen molar-refractivity contribution >= 4 is 11.7 Å². The van der Waals surface area contributed by atoms with Crippen LogP contribution >= 0.6 is 0 Å². The highest BCUT2D eigenvalue weighted by Crippen LogP contribution is 2.36. The molecule has 0 aromatic heterocycles. The molecule has 2 N–H and O–H groups in total. The van der Waals surface area contributed by atoms with E-state index >= 15 is 0 Å². The van der Waals surface area contributed by atoms with E-state index in [4.69, 9.17) is 15.5 Å². The van der Waals surface area contributed by atoms with Crippen LogP contribution in [0.25, 0.3) is 0 Å². The second-order valence-corrected chi connectivity index (χ2v) is 6.68. The number of amidine groups is 2. The zero-order valence-corrected chi connectivity index (χ0v) is 14.0. The van der Waals surface area contributed by atoms with Gasteiger partial charge < -0.3 is 15.4 Å². The number of hydrogen-bond donors (Lipinski definition) is 1. The highest BCUT2D eigenvalue weighted by Gasteiger charge is 2.38. The maximum atomic E-state index is 6.07. The Kier molecular flexibility index (Phi) is 4.66. The molecule has 124 valence electrons. The second-order valence-electron chi connectivity index (χ2n) is 6.68. The first kappa shape index (κ1) is 16.0. The molecule has 0 bridgehead atoms. The Labute approximate surface area is 138 Å². The van der Waals surface area contributed by atoms with E-state index in [1.165, 1.54) is 5.56 Å². The third-order valence-corrected chi connectivity index (χ3v) is 4.61. The Bertz CT molecular complexity index is 586. The minimum atomic E-state index is -0.353. The Morgan fingerprint density at radius 2 is 1.87 bits per heavy atom. The van der Waals surface area contributed by atoms with Crippen LogP contribution in [0, 0.1) is 0 Å². The number of ether oxygens (including phenoxy) is 1. The van der Waals surface area contributed by atoms with Gasteiger partial charge in [-0.15, -0.1) is 0 Å². The van der Waals surface area contributed by atoms with E-state index in [9.17, 15) is 0 Å². The molecule has 5 heteroatoms. The predicted molar refractivity (Wildman–Crippen MR) is 93.6 cm³/mol. The zero-order chi connectivity index (χ0) is 16.3. The van der Waals surface area contributed by atoms with Crippen molar-refractivity contribution in [2.45, 2.75) is 50.5 Å². The minimum absolute atomic E-state index is 0.289. The molecule has 1 saturated carbocycles. The molecule has 0 saturated heterocycles. The predicted octanol–water partition coefficient (Wildman–Crippen LogP) is 2.56. The normalized spacial score (nSPS) is 27.5. The van der Waals surface area contributed by atoms with Gasteiger partial charge in [-0.3, -0.25) is 0 Å². The number of nitrogens with zero attached hydrogens (tertiary/aromatic N) is 3. The van der Waals surface area contributed by atoms with Crippen LogP contribution in [0.3, 0.4) is 0 Å². The molecule has 1 spiro atoms. The summed E-state index contributed by atoms with van der Waals surface area (Å²) in [6.45, 7) is 0.677. The fourth-order valence-electron chi connectivity index (χ4n) is 3.26. The molecular weight excluding hydrogens is 288 g/mol. The van der Waals surface area contributed by atoms with Crippen LogP contribution in [0.1, 0.15) is 37.7 Å². The third-order valence-electron chi connectivity index (χ3n) is 4.61. The molecule has 1 aromatic carbocycles. The van der Waals surface area contributed by atoms with E-state index in [1.54, 1.807) is 0 Å². The lowest BCUT2D eigenvalue weighted by Gasteiger charge is -2.38. The fourth-order valence-corrected chi connectivity index (χ4v) is 3.26. The molecule has 0 unspecified atom stereocenters. The molecule has 1 aromatic rings. The third kappa shape index (κ3) is 3.91. The van der Waals surface area contributed by atoms with Gasteiger partial charge in [0.25, 0.3) is 0 Å². The molecule has 3 rings (SSSR count). The van der Waals surface area contributed by atoms with Gasteiger partial charge in [-0.25, -0.2) is 9.98 Å². The number of rotatable bonds is 3. The summed E-state index contributed by atoms with van der Waals surface area (Å²) in [6.07, 6.45) is 4.72. The van der Waals surface area contributed by atoms with Gasteiger partial charge in [-0.1, -0.05) is 30.3 Å². The van der Waals surface area contributed by atoms with Crippen LogP contribution < -0.4 is 5.73 Å². The van der Waals surface area contributed by atoms with Crippen LogP contribution in [-0.2, 0) is 11.3 Å². The van der Waals surface area contributed by atoms with Gasteiger partial charge in [0, 0.05) is 14.1 Å². The summed E-state index contributed by atoms with van der Waals surface area (Å²) in [5.74, 6) is 1.73. The Morgan fingerprint density at radius 1 is 1.17 bits per heavy atom. The topological polar surface area (TPSA) is 63.2 Å². The maximum Gasteiger partial charge on any atom is 0.154 e. The Morgan fingerprint density at radius 3 is 2.52 bits per heavy atom. The monoisotopic (exact) mass is 314 g/mol. The molecular formula is C18H26N4O. The van der Waals surface area contributed by atoms with Crippen LogP contribution in [-0.4, -0.2) is 42.4 Å². The smallest absolute Gasteiger partial charge is 0.154 e. The van der Waals surface area contributed by atoms with Crippen LogP contribution in [0.4, 0.5) is 0 Å². The van der Waals surface area contributed by atoms with E-state index in [2.05, 4.69) is 17.1 Å². The highest BCUT2D eigenvalue weighted by molar-refractivity contribution is 6.03. The van der Waals surface area contributed by atoms with Gasteiger partial charge in [0.1, 0.15) is 11.7 Å². The summed E-state index contributed by atoms with van der Waals surface area (Å²) in [5.41, 5.74) is 6.92. The molecule has 0 atom stereocenters. The van der Waals surface area contributed by atoms with Gasteiger partial charge in [0.05, 0.1) is 19.1 Å². The van der Waals surface area contributed by atoms with Gasteiger partial charge >= 0.3 is 0 Å². The van der Waals surface area contributed by atoms with Crippen molar-refractivity contribution < 1.29 is 4.74 Å². The molecule has 23 heavy (non-hydrogen) atoms. The maximum absolute atomic E-state index is 6.07. The molecule has 1 heterocycles. The number of benzene rings is 1. The number of aliphatic imine (C=N–C) groups is 2. The van der Waals surface area contributed by atoms with Crippen molar-refractivity contribution in [3.8, 4) is 0 Å². The molecule has 0 radical (unpaired) electrons. The van der Waals surface area contributed by atoms with Crippen LogP contribution in [0.15, 0.2) is 40.3 Å². The Hall–Kier alpha value is -1.88. The summed E-state index contributed by atoms with van der Waals surface area (Å²) >= 11 is 0. The molecule has 2 aliphatic rings. The minimum Gasteiger partial charge on any atom is -0.387 e. The first-order valence-electron chi connectivity index (χ1n) is 8.32. The van der Waals surface area contributed by atoms with Crippen LogP contribution in [0.2, 0.25) is 0 Å². The first-order chi connectivity index (χ1) is 11.1. The van der Waals surface area contributed by atoms with Gasteiger partial charge in [0.2, 0.25) is 0 Å². The van der Waals surface area contributed by atoms with Crippen molar-refractivity contribution in [3.05, 3.63) is 35.9 Å². The lowest BCUT2D eigenvalue weighted by atomic mass is 9.87. The van der Waals surface area contributed by atoms with Crippen molar-refractivity contribution in [1.29, 1.82) is 0 Å². The second kappa shape index (κ2) is 6.71. The van der Waals surface area contributed by atoms with Crippen molar-refractivity contribution in [1.82, 2.24) is 4.90 Å². The quantitative estimate of drug-likeness (QED) is 0.932. The van der Waals surface area contributed by atoms with E-state index in [0.717, 1.165) is 31.5 Å². The van der Waals surface area contributed by atoms with Gasteiger partial charge in [0.15, 0.2) is 5.66 Å². The van der Waals surface area contributed by atoms with Gasteiger partial charge in [-0.2, -0.15) is 0 Å². The molecule has 5 nitrogen and oxygen atoms in total. The summed E-state index contributed by atoms with van der Waals surface area (Å²) in [4.78, 5) is 11.6. The number of hydrogen-bond acceptors (Lipinski definition) is 5. The van der Waals surface area contributed by atoms with Crippen molar-refractivity contribution in [3.63, 3.8) is 0 Å². The summed E-state index contributed by atoms with van der Waals surface area (Å²) in [6, 6.07) is 10.3. The van der Waals surface area contributed by atoms with E-state index < -0.39 is 0 Å². The van der Waals surface area contributed by atoms with Gasteiger partial charge in [-0.05, 0) is 31.2 Å². The largest absolute Gasteiger partial charge is 0.387 e. The average Bonchev–Trinajstić information content (AvgIpc) is 2.55. The molecule has 1 fully saturated rings.